The number of rotatable bonds is 6. The van der Waals surface area contributed by atoms with Gasteiger partial charge >= 0.3 is 320 Å². The Morgan fingerprint density at radius 2 is 1.16 bits per heavy atom. The Morgan fingerprint density at radius 3 is 1.67 bits per heavy atom. The van der Waals surface area contributed by atoms with E-state index in [0.717, 1.165) is 0 Å². The maximum atomic E-state index is 8.83. The summed E-state index contributed by atoms with van der Waals surface area (Å²) in [4.78, 5) is 0. The van der Waals surface area contributed by atoms with Crippen molar-refractivity contribution in [1.29, 1.82) is 0 Å². The number of aryl methyl sites for hydroxylation is 1. The molecule has 4 aromatic carbocycles. The van der Waals surface area contributed by atoms with Gasteiger partial charge in [0.25, 0.3) is 0 Å². The Labute approximate surface area is 317 Å². The van der Waals surface area contributed by atoms with Crippen LogP contribution in [0.15, 0.2) is 90.0 Å². The van der Waals surface area contributed by atoms with E-state index in [2.05, 4.69) is 159 Å². The minimum atomic E-state index is -4.89. The third kappa shape index (κ3) is 6.21. The van der Waals surface area contributed by atoms with Crippen molar-refractivity contribution >= 4 is 35.1 Å². The molecule has 4 aromatic rings. The molecule has 3 aliphatic carbocycles. The summed E-state index contributed by atoms with van der Waals surface area (Å²) in [5, 5.41) is 0. The molecule has 0 nitrogen and oxygen atoms in total. The monoisotopic (exact) mass is 809 g/mol. The second-order valence-electron chi connectivity index (χ2n) is 18.5. The van der Waals surface area contributed by atoms with Gasteiger partial charge in [0.05, 0.1) is 0 Å². The summed E-state index contributed by atoms with van der Waals surface area (Å²) < 4.78 is 0.225. The molecule has 0 aliphatic heterocycles. The van der Waals surface area contributed by atoms with Crippen LogP contribution in [0.1, 0.15) is 120 Å². The van der Waals surface area contributed by atoms with Crippen LogP contribution in [0.5, 0.6) is 0 Å². The van der Waals surface area contributed by atoms with Crippen LogP contribution in [0, 0.1) is 12.8 Å². The molecular formula is C47H57Cl2SiZr. The predicted molar refractivity (Wildman–Crippen MR) is 226 cm³/mol. The van der Waals surface area contributed by atoms with Crippen LogP contribution in [-0.2, 0) is 26.4 Å². The first kappa shape index (κ1) is 37.4. The van der Waals surface area contributed by atoms with Gasteiger partial charge in [-0.15, -0.1) is 0 Å². The molecule has 267 valence electrons. The summed E-state index contributed by atoms with van der Waals surface area (Å²) in [5.41, 5.74) is 17.9. The summed E-state index contributed by atoms with van der Waals surface area (Å²) in [7, 11) is 17.7. The standard InChI is InChI=1S/C24H27.C21H23.C2H7Si.2ClH.Zr/c1-24(2,3)21-13-11-18(12-14-21)22-10-6-9-19-15-20(16-23(19)22)17-7-4-5-8-17;1-14-12-19-15(2)6-11-18(20(19)13-14)16-7-9-17(10-8-16)21(3,4)5;1-3-2;;;/h6,9-17H,4-5,7-8H2,1-3H3;6-13H,1-5H3;3H,1-2H3;2*1H;/q;;;;;+2/p-2. The van der Waals surface area contributed by atoms with Gasteiger partial charge in [-0.3, -0.25) is 0 Å². The average Bonchev–Trinajstić information content (AvgIpc) is 3.82. The second-order valence-corrected chi connectivity index (χ2v) is 61.0. The van der Waals surface area contributed by atoms with E-state index in [1.807, 2.05) is 0 Å². The number of benzene rings is 4. The third-order valence-corrected chi connectivity index (χ3v) is 64.8. The molecule has 0 spiro atoms. The number of hydrogen-bond donors (Lipinski definition) is 0. The Kier molecular flexibility index (Phi) is 9.60. The van der Waals surface area contributed by atoms with E-state index >= 15 is 0 Å². The molecule has 0 aromatic heterocycles. The van der Waals surface area contributed by atoms with E-state index in [1.54, 1.807) is 5.57 Å². The quantitative estimate of drug-likeness (QED) is 0.170. The normalized spacial score (nSPS) is 20.2. The molecule has 51 heavy (non-hydrogen) atoms. The molecule has 0 radical (unpaired) electrons. The molecule has 0 saturated heterocycles. The topological polar surface area (TPSA) is 0 Å². The van der Waals surface area contributed by atoms with E-state index in [1.165, 1.54) is 92.5 Å². The van der Waals surface area contributed by atoms with Crippen LogP contribution < -0.4 is 0 Å². The van der Waals surface area contributed by atoms with Gasteiger partial charge in [-0.2, -0.15) is 0 Å². The number of hydrogen-bond acceptors (Lipinski definition) is 0. The molecule has 0 heterocycles. The fraction of sp³-hybridized carbons (Fsp3) is 0.404. The number of allylic oxidation sites excluding steroid dienone is 2. The van der Waals surface area contributed by atoms with Crippen molar-refractivity contribution in [2.75, 3.05) is 0 Å². The van der Waals surface area contributed by atoms with Gasteiger partial charge in [-0.25, -0.2) is 0 Å². The first-order chi connectivity index (χ1) is 23.9. The molecule has 4 heteroatoms. The van der Waals surface area contributed by atoms with Crippen molar-refractivity contribution in [3.63, 3.8) is 0 Å². The summed E-state index contributed by atoms with van der Waals surface area (Å²) >= 11 is -4.89. The zero-order valence-corrected chi connectivity index (χ0v) is 37.7. The van der Waals surface area contributed by atoms with Crippen molar-refractivity contribution < 1.29 is 15.6 Å². The first-order valence-corrected chi connectivity index (χ1v) is 35.7. The predicted octanol–water partition coefficient (Wildman–Crippen LogP) is 14.7. The number of halogens is 2. The van der Waals surface area contributed by atoms with Crippen molar-refractivity contribution in [1.82, 2.24) is 0 Å². The van der Waals surface area contributed by atoms with Crippen LogP contribution in [-0.4, -0.2) is 5.92 Å². The fourth-order valence-electron chi connectivity index (χ4n) is 9.82. The van der Waals surface area contributed by atoms with Crippen LogP contribution in [0.3, 0.4) is 0 Å². The van der Waals surface area contributed by atoms with Crippen molar-refractivity contribution in [2.45, 2.75) is 112 Å². The zero-order valence-electron chi connectivity index (χ0n) is 32.6. The maximum absolute atomic E-state index is 8.83. The van der Waals surface area contributed by atoms with E-state index in [0.29, 0.717) is 5.92 Å². The molecule has 3 aliphatic rings. The molecular weight excluding hydrogens is 755 g/mol. The third-order valence-electron chi connectivity index (χ3n) is 12.9. The van der Waals surface area contributed by atoms with Gasteiger partial charge in [0.1, 0.15) is 0 Å². The molecule has 0 amide bonds. The molecule has 0 bridgehead atoms. The Bertz CT molecular complexity index is 2050. The van der Waals surface area contributed by atoms with Crippen molar-refractivity contribution in [3.8, 4) is 22.3 Å². The van der Waals surface area contributed by atoms with Crippen molar-refractivity contribution in [2.24, 2.45) is 5.92 Å². The van der Waals surface area contributed by atoms with Gasteiger partial charge in [0, 0.05) is 0 Å². The van der Waals surface area contributed by atoms with Crippen molar-refractivity contribution in [3.05, 3.63) is 129 Å². The Balaban J connectivity index is 1.41. The van der Waals surface area contributed by atoms with Crippen LogP contribution in [0.25, 0.3) is 34.4 Å². The molecule has 1 saturated carbocycles. The summed E-state index contributed by atoms with van der Waals surface area (Å²) in [5.74, 6) is -1.10. The summed E-state index contributed by atoms with van der Waals surface area (Å²) in [6.45, 7) is 23.3. The first-order valence-electron chi connectivity index (χ1n) is 19.4. The summed E-state index contributed by atoms with van der Waals surface area (Å²) in [6.07, 6.45) is 10.1. The molecule has 7 rings (SSSR count). The van der Waals surface area contributed by atoms with Gasteiger partial charge in [0.2, 0.25) is 0 Å². The zero-order chi connectivity index (χ0) is 36.7. The van der Waals surface area contributed by atoms with E-state index in [-0.39, 0.29) is 18.1 Å². The molecule has 2 atom stereocenters. The minimum absolute atomic E-state index is 0.0979. The van der Waals surface area contributed by atoms with Gasteiger partial charge in [-0.05, 0) is 0 Å². The Morgan fingerprint density at radius 1 is 0.627 bits per heavy atom. The van der Waals surface area contributed by atoms with Gasteiger partial charge in [-0.1, -0.05) is 0 Å². The Hall–Kier alpha value is -1.96. The van der Waals surface area contributed by atoms with Crippen LogP contribution >= 0.6 is 17.0 Å². The number of fused-ring (bicyclic) bond motifs is 2. The SMILES string of the molecule is CC1=Cc2c(-c3ccc(C(C)(C)C)cc3)ccc(C)c2[CH]1[Zr]([Cl])([Cl])([CH]1C(C2CCCC2)=Cc2c(-c3ccc(C(C)(C)C)cc3)cccc21)[SiH](C)C. The van der Waals surface area contributed by atoms with E-state index in [9.17, 15) is 0 Å². The second kappa shape index (κ2) is 13.1. The van der Waals surface area contributed by atoms with E-state index in [4.69, 9.17) is 17.0 Å². The molecule has 2 unspecified atom stereocenters. The summed E-state index contributed by atoms with van der Waals surface area (Å²) in [6, 6.07) is 30.2. The van der Waals surface area contributed by atoms with Gasteiger partial charge < -0.3 is 0 Å². The molecule has 0 N–H and O–H groups in total. The van der Waals surface area contributed by atoms with Gasteiger partial charge in [0.15, 0.2) is 0 Å². The van der Waals surface area contributed by atoms with E-state index < -0.39 is 21.5 Å². The fourth-order valence-corrected chi connectivity index (χ4v) is 41.8. The van der Waals surface area contributed by atoms with Crippen LogP contribution in [0.2, 0.25) is 13.1 Å². The molecule has 1 fully saturated rings. The average molecular weight is 812 g/mol. The van der Waals surface area contributed by atoms with Crippen LogP contribution in [0.4, 0.5) is 0 Å².